The number of nitrogens with zero attached hydrogens (tertiary/aromatic N) is 2. The molecule has 7 heteroatoms. The van der Waals surface area contributed by atoms with E-state index in [1.54, 1.807) is 6.92 Å². The summed E-state index contributed by atoms with van der Waals surface area (Å²) in [6.45, 7) is 1.74. The highest BCUT2D eigenvalue weighted by Gasteiger charge is 2.22. The van der Waals surface area contributed by atoms with Crippen molar-refractivity contribution in [2.75, 3.05) is 0 Å². The minimum Gasteiger partial charge on any atom is -0.423 e. The average Bonchev–Trinajstić information content (AvgIpc) is 3.04. The Bertz CT molecular complexity index is 1270. The summed E-state index contributed by atoms with van der Waals surface area (Å²) in [5.41, 5.74) is 1.15. The van der Waals surface area contributed by atoms with Gasteiger partial charge in [0, 0.05) is 23.2 Å². The first-order valence-electron chi connectivity index (χ1n) is 7.86. The first kappa shape index (κ1) is 16.3. The Morgan fingerprint density at radius 2 is 1.77 bits per heavy atom. The van der Waals surface area contributed by atoms with Crippen molar-refractivity contribution >= 4 is 21.0 Å². The molecule has 0 saturated heterocycles. The third-order valence-corrected chi connectivity index (χ3v) is 5.62. The molecule has 6 nitrogen and oxygen atoms in total. The van der Waals surface area contributed by atoms with E-state index in [0.29, 0.717) is 28.1 Å². The molecule has 2 aromatic heterocycles. The fourth-order valence-corrected chi connectivity index (χ4v) is 4.17. The number of imidazole rings is 1. The van der Waals surface area contributed by atoms with Gasteiger partial charge in [-0.25, -0.2) is 22.2 Å². The fourth-order valence-electron chi connectivity index (χ4n) is 2.76. The van der Waals surface area contributed by atoms with Gasteiger partial charge in [-0.3, -0.25) is 0 Å². The van der Waals surface area contributed by atoms with Gasteiger partial charge in [0.1, 0.15) is 5.58 Å². The molecule has 4 rings (SSSR count). The highest BCUT2D eigenvalue weighted by atomic mass is 32.2. The fraction of sp³-hybridized carbons (Fsp3) is 0.0526. The van der Waals surface area contributed by atoms with Crippen molar-refractivity contribution in [2.45, 2.75) is 11.8 Å². The van der Waals surface area contributed by atoms with Gasteiger partial charge in [-0.2, -0.15) is 0 Å². The second kappa shape index (κ2) is 5.96. The smallest absolute Gasteiger partial charge is 0.336 e. The van der Waals surface area contributed by atoms with E-state index in [2.05, 4.69) is 4.98 Å². The topological polar surface area (TPSA) is 82.2 Å². The van der Waals surface area contributed by atoms with Crippen LogP contribution in [-0.2, 0) is 10.0 Å². The highest BCUT2D eigenvalue weighted by Crippen LogP contribution is 2.26. The Kier molecular flexibility index (Phi) is 3.73. The van der Waals surface area contributed by atoms with E-state index in [-0.39, 0.29) is 4.90 Å². The molecule has 2 heterocycles. The largest absolute Gasteiger partial charge is 0.423 e. The van der Waals surface area contributed by atoms with Crippen molar-refractivity contribution in [3.05, 3.63) is 83.0 Å². The SMILES string of the molecule is Cc1cn(S(=O)(=O)c2ccc3oc(=O)ccc3c2)c(-c2ccccc2)n1. The van der Waals surface area contributed by atoms with Crippen LogP contribution in [0.3, 0.4) is 0 Å². The lowest BCUT2D eigenvalue weighted by Crippen LogP contribution is -2.13. The van der Waals surface area contributed by atoms with E-state index in [1.165, 1.54) is 40.5 Å². The molecule has 0 aliphatic heterocycles. The molecule has 0 unspecified atom stereocenters. The van der Waals surface area contributed by atoms with Gasteiger partial charge < -0.3 is 4.42 Å². The number of fused-ring (bicyclic) bond motifs is 1. The van der Waals surface area contributed by atoms with E-state index in [4.69, 9.17) is 4.42 Å². The number of rotatable bonds is 3. The summed E-state index contributed by atoms with van der Waals surface area (Å²) < 4.78 is 32.6. The van der Waals surface area contributed by atoms with Crippen LogP contribution in [0.2, 0.25) is 0 Å². The van der Waals surface area contributed by atoms with Crippen LogP contribution in [0.4, 0.5) is 0 Å². The molecule has 0 bridgehead atoms. The number of benzene rings is 2. The quantitative estimate of drug-likeness (QED) is 0.520. The molecule has 0 fully saturated rings. The Morgan fingerprint density at radius 1 is 1.00 bits per heavy atom. The monoisotopic (exact) mass is 366 g/mol. The Hall–Kier alpha value is -3.19. The molecule has 0 amide bonds. The molecule has 26 heavy (non-hydrogen) atoms. The van der Waals surface area contributed by atoms with Crippen molar-refractivity contribution < 1.29 is 12.8 Å². The van der Waals surface area contributed by atoms with Gasteiger partial charge in [-0.1, -0.05) is 30.3 Å². The van der Waals surface area contributed by atoms with Crippen molar-refractivity contribution in [3.8, 4) is 11.4 Å². The maximum Gasteiger partial charge on any atom is 0.336 e. The standard InChI is InChI=1S/C19H14N2O4S/c1-13-12-21(19(20-13)14-5-3-2-4-6-14)26(23,24)16-8-9-17-15(11-16)7-10-18(22)25-17/h2-12H,1H3. The molecule has 4 aromatic rings. The normalized spacial score (nSPS) is 11.7. The Labute approximate surface area is 149 Å². The first-order valence-corrected chi connectivity index (χ1v) is 9.30. The summed E-state index contributed by atoms with van der Waals surface area (Å²) in [5.74, 6) is 0.350. The van der Waals surface area contributed by atoms with Crippen LogP contribution in [-0.4, -0.2) is 17.4 Å². The van der Waals surface area contributed by atoms with Gasteiger partial charge in [0.2, 0.25) is 0 Å². The van der Waals surface area contributed by atoms with Gasteiger partial charge in [0.25, 0.3) is 10.0 Å². The lowest BCUT2D eigenvalue weighted by molar-refractivity contribution is 0.560. The maximum atomic E-state index is 13.2. The zero-order valence-electron chi connectivity index (χ0n) is 13.8. The number of hydrogen-bond donors (Lipinski definition) is 0. The predicted molar refractivity (Wildman–Crippen MR) is 97.5 cm³/mol. The Balaban J connectivity index is 1.90. The van der Waals surface area contributed by atoms with Crippen LogP contribution >= 0.6 is 0 Å². The molecule has 0 radical (unpaired) electrons. The summed E-state index contributed by atoms with van der Waals surface area (Å²) in [5, 5.41) is 0.531. The van der Waals surface area contributed by atoms with Crippen LogP contribution in [0.1, 0.15) is 5.69 Å². The van der Waals surface area contributed by atoms with Crippen molar-refractivity contribution in [3.63, 3.8) is 0 Å². The highest BCUT2D eigenvalue weighted by molar-refractivity contribution is 7.90. The van der Waals surface area contributed by atoms with Crippen LogP contribution < -0.4 is 5.63 Å². The van der Waals surface area contributed by atoms with Crippen LogP contribution in [0.25, 0.3) is 22.4 Å². The zero-order valence-corrected chi connectivity index (χ0v) is 14.6. The van der Waals surface area contributed by atoms with E-state index in [1.807, 2.05) is 30.3 Å². The summed E-state index contributed by atoms with van der Waals surface area (Å²) >= 11 is 0. The van der Waals surface area contributed by atoms with Gasteiger partial charge in [0.15, 0.2) is 5.82 Å². The molecule has 0 saturated carbocycles. The average molecular weight is 366 g/mol. The second-order valence-corrected chi connectivity index (χ2v) is 7.64. The third-order valence-electron chi connectivity index (χ3n) is 3.97. The molecule has 0 aliphatic carbocycles. The van der Waals surface area contributed by atoms with Crippen molar-refractivity contribution in [2.24, 2.45) is 0 Å². The van der Waals surface area contributed by atoms with Gasteiger partial charge >= 0.3 is 5.63 Å². The second-order valence-electron chi connectivity index (χ2n) is 5.83. The van der Waals surface area contributed by atoms with E-state index in [9.17, 15) is 13.2 Å². The molecule has 0 aliphatic rings. The summed E-state index contributed by atoms with van der Waals surface area (Å²) in [4.78, 5) is 15.8. The lowest BCUT2D eigenvalue weighted by Gasteiger charge is -2.10. The minimum absolute atomic E-state index is 0.0911. The summed E-state index contributed by atoms with van der Waals surface area (Å²) in [6.07, 6.45) is 1.49. The maximum absolute atomic E-state index is 13.2. The summed E-state index contributed by atoms with van der Waals surface area (Å²) in [6, 6.07) is 16.3. The minimum atomic E-state index is -3.86. The molecule has 0 N–H and O–H groups in total. The molecule has 2 aromatic carbocycles. The van der Waals surface area contributed by atoms with E-state index < -0.39 is 15.6 Å². The number of aromatic nitrogens is 2. The van der Waals surface area contributed by atoms with Crippen molar-refractivity contribution in [1.29, 1.82) is 0 Å². The molecular formula is C19H14N2O4S. The summed E-state index contributed by atoms with van der Waals surface area (Å²) in [7, 11) is -3.86. The van der Waals surface area contributed by atoms with Crippen molar-refractivity contribution in [1.82, 2.24) is 8.96 Å². The molecule has 0 spiro atoms. The van der Waals surface area contributed by atoms with Crippen LogP contribution in [0, 0.1) is 6.92 Å². The van der Waals surface area contributed by atoms with E-state index in [0.717, 1.165) is 0 Å². The number of hydrogen-bond acceptors (Lipinski definition) is 5. The molecule has 130 valence electrons. The molecular weight excluding hydrogens is 352 g/mol. The third kappa shape index (κ3) is 2.72. The lowest BCUT2D eigenvalue weighted by atomic mass is 10.2. The Morgan fingerprint density at radius 3 is 2.54 bits per heavy atom. The van der Waals surface area contributed by atoms with Gasteiger partial charge in [0.05, 0.1) is 10.6 Å². The number of aryl methyl sites for hydroxylation is 1. The van der Waals surface area contributed by atoms with Gasteiger partial charge in [-0.15, -0.1) is 0 Å². The predicted octanol–water partition coefficient (Wildman–Crippen LogP) is 3.20. The van der Waals surface area contributed by atoms with Crippen LogP contribution in [0.15, 0.2) is 81.0 Å². The van der Waals surface area contributed by atoms with Crippen LogP contribution in [0.5, 0.6) is 0 Å². The zero-order chi connectivity index (χ0) is 18.3. The van der Waals surface area contributed by atoms with Gasteiger partial charge in [-0.05, 0) is 31.2 Å². The van der Waals surface area contributed by atoms with E-state index >= 15 is 0 Å². The first-order chi connectivity index (χ1) is 12.4. The molecule has 0 atom stereocenters.